The quantitative estimate of drug-likeness (QED) is 0.123. The number of aryl methyl sites for hydroxylation is 1. The summed E-state index contributed by atoms with van der Waals surface area (Å²) in [6.07, 6.45) is 17.3. The van der Waals surface area contributed by atoms with E-state index in [2.05, 4.69) is 85.9 Å². The van der Waals surface area contributed by atoms with Crippen molar-refractivity contribution in [3.05, 3.63) is 76.0 Å². The van der Waals surface area contributed by atoms with Crippen LogP contribution >= 0.6 is 0 Å². The van der Waals surface area contributed by atoms with Crippen LogP contribution in [-0.4, -0.2) is 32.3 Å². The van der Waals surface area contributed by atoms with Gasteiger partial charge in [-0.15, -0.1) is 0 Å². The number of nitrogens with zero attached hydrogens (tertiary/aromatic N) is 2. The van der Waals surface area contributed by atoms with Crippen LogP contribution in [0.25, 0.3) is 23.6 Å². The van der Waals surface area contributed by atoms with Crippen LogP contribution in [0.4, 0.5) is 5.69 Å². The fraction of sp³-hybridized carbons (Fsp3) is 0.512. The minimum Gasteiger partial charge on any atom is -0.511 e. The zero-order valence-corrected chi connectivity index (χ0v) is 28.3. The molecule has 1 atom stereocenters. The third-order valence-corrected chi connectivity index (χ3v) is 10.4. The number of ketones is 1. The van der Waals surface area contributed by atoms with Crippen molar-refractivity contribution in [3.63, 3.8) is 0 Å². The van der Waals surface area contributed by atoms with Crippen LogP contribution in [-0.2, 0) is 16.8 Å². The van der Waals surface area contributed by atoms with E-state index in [1.807, 2.05) is 12.1 Å². The van der Waals surface area contributed by atoms with Gasteiger partial charge < -0.3 is 9.67 Å². The van der Waals surface area contributed by atoms with Gasteiger partial charge >= 0.3 is 0 Å². The molecule has 0 amide bonds. The van der Waals surface area contributed by atoms with Crippen molar-refractivity contribution < 1.29 is 14.5 Å². The van der Waals surface area contributed by atoms with Crippen LogP contribution in [0.5, 0.6) is 0 Å². The molecule has 1 N–H and O–H groups in total. The lowest BCUT2D eigenvalue weighted by molar-refractivity contribution is -0.440. The van der Waals surface area contributed by atoms with Crippen molar-refractivity contribution in [3.8, 4) is 0 Å². The Balaban J connectivity index is 1.41. The third-order valence-electron chi connectivity index (χ3n) is 10.4. The lowest BCUT2D eigenvalue weighted by Crippen LogP contribution is -2.39. The molecule has 2 heterocycles. The number of carbonyl (C=O) groups is 1. The van der Waals surface area contributed by atoms with E-state index < -0.39 is 5.92 Å². The summed E-state index contributed by atoms with van der Waals surface area (Å²) in [4.78, 5) is 13.8. The average Bonchev–Trinajstić information content (AvgIpc) is 3.43. The topological polar surface area (TPSA) is 45.2 Å². The monoisotopic (exact) mass is 607 g/mol. The molecular weight excluding hydrogens is 552 g/mol. The number of Topliss-reactive ketones (excluding diaryl/α,β-unsaturated/α-hetero) is 1. The molecule has 0 saturated carbocycles. The molecule has 0 radical (unpaired) electrons. The Labute approximate surface area is 270 Å². The molecule has 2 aromatic carbocycles. The maximum atomic E-state index is 13.8. The highest BCUT2D eigenvalue weighted by molar-refractivity contribution is 6.14. The summed E-state index contributed by atoms with van der Waals surface area (Å²) in [5.74, 6) is -0.215. The van der Waals surface area contributed by atoms with Crippen molar-refractivity contribution in [2.24, 2.45) is 5.92 Å². The van der Waals surface area contributed by atoms with Crippen molar-refractivity contribution in [2.75, 3.05) is 6.54 Å². The van der Waals surface area contributed by atoms with Crippen LogP contribution in [0.15, 0.2) is 59.9 Å². The molecule has 45 heavy (non-hydrogen) atoms. The normalized spacial score (nSPS) is 17.9. The van der Waals surface area contributed by atoms with Gasteiger partial charge in [0.2, 0.25) is 5.69 Å². The number of aliphatic hydroxyl groups is 1. The number of aromatic nitrogens is 1. The fourth-order valence-electron chi connectivity index (χ4n) is 7.61. The predicted molar refractivity (Wildman–Crippen MR) is 190 cm³/mol. The maximum absolute atomic E-state index is 13.8. The maximum Gasteiger partial charge on any atom is 0.209 e. The number of hydrogen-bond acceptors (Lipinski definition) is 2. The number of aliphatic hydroxyl groups excluding tert-OH is 1. The number of fused-ring (bicyclic) bond motifs is 2. The first-order valence-corrected chi connectivity index (χ1v) is 17.8. The summed E-state index contributed by atoms with van der Waals surface area (Å²) < 4.78 is 4.77. The van der Waals surface area contributed by atoms with E-state index in [0.717, 1.165) is 47.4 Å². The van der Waals surface area contributed by atoms with Gasteiger partial charge in [-0.1, -0.05) is 115 Å². The van der Waals surface area contributed by atoms with Gasteiger partial charge in [-0.05, 0) is 38.8 Å². The fourth-order valence-corrected chi connectivity index (χ4v) is 7.61. The second kappa shape index (κ2) is 14.8. The second-order valence-electron chi connectivity index (χ2n) is 13.9. The van der Waals surface area contributed by atoms with E-state index in [1.165, 1.54) is 81.2 Å². The number of hydrogen-bond donors (Lipinski definition) is 1. The summed E-state index contributed by atoms with van der Waals surface area (Å²) in [6.45, 7) is 15.3. The Kier molecular flexibility index (Phi) is 10.8. The number of benzene rings is 2. The number of para-hydroxylation sites is 2. The van der Waals surface area contributed by atoms with Gasteiger partial charge in [-0.2, -0.15) is 4.58 Å². The Morgan fingerprint density at radius 1 is 0.867 bits per heavy atom. The van der Waals surface area contributed by atoms with Crippen molar-refractivity contribution in [1.82, 2.24) is 4.57 Å². The molecule has 240 valence electrons. The highest BCUT2D eigenvalue weighted by Crippen LogP contribution is 2.44. The lowest BCUT2D eigenvalue weighted by atomic mass is 9.73. The predicted octanol–water partition coefficient (Wildman–Crippen LogP) is 9.03. The molecule has 1 aliphatic carbocycles. The molecule has 0 saturated heterocycles. The molecule has 2 aliphatic rings. The summed E-state index contributed by atoms with van der Waals surface area (Å²) in [7, 11) is 0. The Morgan fingerprint density at radius 3 is 2.20 bits per heavy atom. The molecular formula is C41H55N2O2+. The van der Waals surface area contributed by atoms with Crippen LogP contribution in [0.1, 0.15) is 117 Å². The van der Waals surface area contributed by atoms with E-state index >= 15 is 0 Å². The molecule has 0 spiro atoms. The van der Waals surface area contributed by atoms with E-state index in [0.29, 0.717) is 12.0 Å². The number of unbranched alkanes of at least 4 members (excludes halogenated alkanes) is 10. The molecule has 4 nitrogen and oxygen atoms in total. The molecule has 1 aromatic heterocycles. The van der Waals surface area contributed by atoms with Crippen LogP contribution in [0, 0.1) is 5.92 Å². The molecule has 0 bridgehead atoms. The summed E-state index contributed by atoms with van der Waals surface area (Å²) in [5.41, 5.74) is 5.23. The number of rotatable bonds is 17. The van der Waals surface area contributed by atoms with Gasteiger partial charge in [0.25, 0.3) is 0 Å². The molecule has 1 aliphatic heterocycles. The first-order valence-electron chi connectivity index (χ1n) is 17.8. The van der Waals surface area contributed by atoms with Crippen molar-refractivity contribution in [1.29, 1.82) is 0 Å². The van der Waals surface area contributed by atoms with E-state index in [4.69, 9.17) is 0 Å². The third kappa shape index (κ3) is 6.76. The van der Waals surface area contributed by atoms with E-state index in [1.54, 1.807) is 0 Å². The second-order valence-corrected chi connectivity index (χ2v) is 13.9. The minimum atomic E-state index is -0.489. The van der Waals surface area contributed by atoms with Gasteiger partial charge in [0.1, 0.15) is 12.3 Å². The van der Waals surface area contributed by atoms with Gasteiger partial charge in [0.05, 0.1) is 16.9 Å². The summed E-state index contributed by atoms with van der Waals surface area (Å²) in [5, 5.41) is 14.4. The van der Waals surface area contributed by atoms with Crippen molar-refractivity contribution in [2.45, 2.75) is 123 Å². The zero-order chi connectivity index (χ0) is 32.0. The van der Waals surface area contributed by atoms with Gasteiger partial charge in [0.15, 0.2) is 11.5 Å². The standard InChI is InChI=1S/C41H54N2O2/c1-6-8-10-12-14-20-26-42-35-24-18-16-22-31(35)30(3)37(42)28-32-39(44)33(40(32)45)29-38-41(4,5)34-23-17-19-25-36(34)43(38)27-21-15-13-11-9-7-2/h16-19,22-25,28,33H,3,6-15,20-21,26-27,29H2,1-2,4-5H3/p+1/b37-28+. The molecule has 3 aromatic rings. The van der Waals surface area contributed by atoms with E-state index in [-0.39, 0.29) is 17.0 Å². The van der Waals surface area contributed by atoms with Crippen LogP contribution < -0.4 is 10.6 Å². The Hall–Kier alpha value is -3.40. The summed E-state index contributed by atoms with van der Waals surface area (Å²) in [6, 6.07) is 17.1. The van der Waals surface area contributed by atoms with Gasteiger partial charge in [-0.25, -0.2) is 0 Å². The Bertz CT molecular complexity index is 1690. The first-order chi connectivity index (χ1) is 21.8. The molecule has 5 rings (SSSR count). The van der Waals surface area contributed by atoms with E-state index in [9.17, 15) is 9.90 Å². The van der Waals surface area contributed by atoms with Crippen molar-refractivity contribution >= 4 is 40.7 Å². The number of carbonyl (C=O) groups excluding carboxylic acids is 1. The molecule has 0 fully saturated rings. The smallest absolute Gasteiger partial charge is 0.209 e. The molecule has 4 heteroatoms. The zero-order valence-electron chi connectivity index (χ0n) is 28.3. The summed E-state index contributed by atoms with van der Waals surface area (Å²) >= 11 is 0. The molecule has 1 unspecified atom stereocenters. The van der Waals surface area contributed by atoms with Gasteiger partial charge in [-0.3, -0.25) is 4.79 Å². The van der Waals surface area contributed by atoms with Gasteiger partial charge in [0, 0.05) is 52.5 Å². The van der Waals surface area contributed by atoms with Crippen LogP contribution in [0.3, 0.4) is 0 Å². The SMILES string of the molecule is C=c1/c(=C\C2=C(O)C(CC3=[N+](CCCCCCCC)c4ccccc4C3(C)C)C2=O)n(CCCCCCCC)c2ccccc12. The first kappa shape index (κ1) is 33.0. The van der Waals surface area contributed by atoms with Crippen LogP contribution in [0.2, 0.25) is 0 Å². The number of allylic oxidation sites excluding steroid dienone is 2. The Morgan fingerprint density at radius 2 is 1.49 bits per heavy atom. The lowest BCUT2D eigenvalue weighted by Gasteiger charge is -2.28. The highest BCUT2D eigenvalue weighted by atomic mass is 16.3. The minimum absolute atomic E-state index is 0.0436. The highest BCUT2D eigenvalue weighted by Gasteiger charge is 2.49. The average molecular weight is 608 g/mol. The largest absolute Gasteiger partial charge is 0.511 e.